The number of nitrogens with one attached hydrogen (secondary N) is 1. The molecule has 0 heterocycles. The molecule has 0 saturated heterocycles. The third-order valence-corrected chi connectivity index (χ3v) is 10.1. The third kappa shape index (κ3) is 7.11. The molecule has 45 heavy (non-hydrogen) atoms. The van der Waals surface area contributed by atoms with Crippen LogP contribution in [0.4, 0.5) is 0 Å². The summed E-state index contributed by atoms with van der Waals surface area (Å²) >= 11 is 0. The maximum Gasteiger partial charge on any atom is 0.331 e. The molecule has 2 N–H and O–H groups in total. The molecule has 4 aliphatic rings. The van der Waals surface area contributed by atoms with E-state index in [-0.39, 0.29) is 11.3 Å². The Morgan fingerprint density at radius 1 is 0.911 bits per heavy atom. The number of carboxylic acids is 1. The number of hydrogen-bond donors (Lipinski definition) is 2. The molecule has 0 atom stereocenters. The monoisotopic (exact) mass is 607 g/mol. The van der Waals surface area contributed by atoms with Gasteiger partial charge in [0.2, 0.25) is 5.91 Å². The van der Waals surface area contributed by atoms with E-state index >= 15 is 0 Å². The smallest absolute Gasteiger partial charge is 0.331 e. The van der Waals surface area contributed by atoms with Crippen LogP contribution in [0.25, 0.3) is 17.2 Å². The van der Waals surface area contributed by atoms with E-state index in [1.807, 2.05) is 31.2 Å². The lowest BCUT2D eigenvalue weighted by Crippen LogP contribution is -2.48. The maximum atomic E-state index is 11.7. The van der Waals surface area contributed by atoms with Gasteiger partial charge in [-0.15, -0.1) is 0 Å². The summed E-state index contributed by atoms with van der Waals surface area (Å²) in [4.78, 5) is 23.1. The van der Waals surface area contributed by atoms with Crippen LogP contribution in [0.15, 0.2) is 72.3 Å². The van der Waals surface area contributed by atoms with Gasteiger partial charge in [-0.3, -0.25) is 4.79 Å². The summed E-state index contributed by atoms with van der Waals surface area (Å²) in [5.41, 5.74) is 5.81. The van der Waals surface area contributed by atoms with E-state index in [1.165, 1.54) is 51.0 Å². The number of carbonyl (C=O) groups excluding carboxylic acids is 1. The van der Waals surface area contributed by atoms with Crippen molar-refractivity contribution in [3.05, 3.63) is 89.0 Å². The highest BCUT2D eigenvalue weighted by molar-refractivity contribution is 5.92. The zero-order valence-corrected chi connectivity index (χ0v) is 26.5. The Bertz CT molecular complexity index is 1520. The lowest BCUT2D eigenvalue weighted by molar-refractivity contribution is -0.132. The highest BCUT2D eigenvalue weighted by Crippen LogP contribution is 2.62. The predicted molar refractivity (Wildman–Crippen MR) is 177 cm³/mol. The average Bonchev–Trinajstić information content (AvgIpc) is 3.02. The fourth-order valence-corrected chi connectivity index (χ4v) is 8.44. The van der Waals surface area contributed by atoms with Crippen molar-refractivity contribution < 1.29 is 24.2 Å². The highest BCUT2D eigenvalue weighted by atomic mass is 16.5. The van der Waals surface area contributed by atoms with Gasteiger partial charge in [-0.1, -0.05) is 55.5 Å². The first-order valence-electron chi connectivity index (χ1n) is 16.6. The maximum absolute atomic E-state index is 11.7. The van der Waals surface area contributed by atoms with Crippen molar-refractivity contribution in [2.24, 2.45) is 17.8 Å². The minimum atomic E-state index is -0.911. The first-order chi connectivity index (χ1) is 21.8. The molecule has 1 amide bonds. The van der Waals surface area contributed by atoms with Crippen LogP contribution >= 0.6 is 0 Å². The normalized spacial score (nSPS) is 23.5. The third-order valence-electron chi connectivity index (χ3n) is 10.1. The molecule has 0 radical (unpaired) electrons. The van der Waals surface area contributed by atoms with Crippen molar-refractivity contribution in [1.82, 2.24) is 5.32 Å². The second-order valence-corrected chi connectivity index (χ2v) is 13.5. The highest BCUT2D eigenvalue weighted by Gasteiger charge is 2.52. The number of carbonyl (C=O) groups is 2. The standard InChI is InChI=1S/C39H45NO5/c1-3-32(38(42)43)19-28-10-12-34(37(20-28)44-15-7-14-40-26(2)41)33-11-13-36(45-25-27-8-5-4-6-9-27)35(21-33)39-22-29-16-30(23-39)18-31(17-29)24-39/h4-6,8-13,19-21,29-31H,3,7,14-18,22-25H2,1-2H3,(H,40,41)(H,42,43). The number of amides is 1. The van der Waals surface area contributed by atoms with E-state index in [1.54, 1.807) is 6.08 Å². The van der Waals surface area contributed by atoms with Gasteiger partial charge in [-0.05, 0) is 116 Å². The molecule has 4 fully saturated rings. The fraction of sp³-hybridized carbons (Fsp3) is 0.436. The molecule has 0 aromatic heterocycles. The number of ether oxygens (including phenoxy) is 2. The Kier molecular flexibility index (Phi) is 9.29. The van der Waals surface area contributed by atoms with E-state index in [9.17, 15) is 14.7 Å². The fourth-order valence-electron chi connectivity index (χ4n) is 8.44. The van der Waals surface area contributed by atoms with E-state index in [2.05, 4.69) is 47.8 Å². The lowest BCUT2D eigenvalue weighted by atomic mass is 9.48. The molecule has 4 saturated carbocycles. The van der Waals surface area contributed by atoms with Crippen LogP contribution in [-0.4, -0.2) is 30.1 Å². The minimum absolute atomic E-state index is 0.0598. The summed E-state index contributed by atoms with van der Waals surface area (Å²) in [6.45, 7) is 4.86. The summed E-state index contributed by atoms with van der Waals surface area (Å²) in [6, 6.07) is 23.0. The molecule has 3 aromatic carbocycles. The largest absolute Gasteiger partial charge is 0.493 e. The molecule has 0 unspecified atom stereocenters. The van der Waals surface area contributed by atoms with Crippen molar-refractivity contribution in [1.29, 1.82) is 0 Å². The molecule has 0 aliphatic heterocycles. The van der Waals surface area contributed by atoms with E-state index in [4.69, 9.17) is 9.47 Å². The topological polar surface area (TPSA) is 84.9 Å². The lowest BCUT2D eigenvalue weighted by Gasteiger charge is -2.57. The average molecular weight is 608 g/mol. The Balaban J connectivity index is 1.37. The summed E-state index contributed by atoms with van der Waals surface area (Å²) in [5.74, 6) is 3.13. The van der Waals surface area contributed by atoms with Crippen molar-refractivity contribution >= 4 is 18.0 Å². The molecule has 0 spiro atoms. The van der Waals surface area contributed by atoms with Crippen molar-refractivity contribution in [3.8, 4) is 22.6 Å². The van der Waals surface area contributed by atoms with Gasteiger partial charge in [0.25, 0.3) is 0 Å². The molecule has 236 valence electrons. The van der Waals surface area contributed by atoms with Crippen LogP contribution in [0.3, 0.4) is 0 Å². The van der Waals surface area contributed by atoms with Gasteiger partial charge in [0.05, 0.1) is 6.61 Å². The van der Waals surface area contributed by atoms with Gasteiger partial charge in [-0.2, -0.15) is 0 Å². The van der Waals surface area contributed by atoms with Crippen LogP contribution in [0.5, 0.6) is 11.5 Å². The number of aliphatic carboxylic acids is 1. The van der Waals surface area contributed by atoms with Crippen molar-refractivity contribution in [3.63, 3.8) is 0 Å². The number of hydrogen-bond acceptors (Lipinski definition) is 4. The molecule has 6 nitrogen and oxygen atoms in total. The summed E-state index contributed by atoms with van der Waals surface area (Å²) in [7, 11) is 0. The number of rotatable bonds is 13. The van der Waals surface area contributed by atoms with Crippen LogP contribution in [-0.2, 0) is 21.6 Å². The molecule has 3 aromatic rings. The second kappa shape index (κ2) is 13.5. The van der Waals surface area contributed by atoms with E-state index in [0.29, 0.717) is 43.9 Å². The summed E-state index contributed by atoms with van der Waals surface area (Å²) in [5, 5.41) is 12.5. The number of benzene rings is 3. The predicted octanol–water partition coefficient (Wildman–Crippen LogP) is 8.18. The van der Waals surface area contributed by atoms with Crippen LogP contribution in [0.1, 0.15) is 81.9 Å². The Morgan fingerprint density at radius 3 is 2.27 bits per heavy atom. The zero-order chi connectivity index (χ0) is 31.4. The van der Waals surface area contributed by atoms with Crippen molar-refractivity contribution in [2.75, 3.05) is 13.2 Å². The second-order valence-electron chi connectivity index (χ2n) is 13.5. The van der Waals surface area contributed by atoms with E-state index < -0.39 is 5.97 Å². The zero-order valence-electron chi connectivity index (χ0n) is 26.5. The van der Waals surface area contributed by atoms with Crippen LogP contribution in [0.2, 0.25) is 0 Å². The molecule has 6 heteroatoms. The Morgan fingerprint density at radius 2 is 1.62 bits per heavy atom. The first kappa shape index (κ1) is 30.9. The summed E-state index contributed by atoms with van der Waals surface area (Å²) < 4.78 is 13.0. The van der Waals surface area contributed by atoms with Gasteiger partial charge in [0.1, 0.15) is 18.1 Å². The van der Waals surface area contributed by atoms with Gasteiger partial charge in [0.15, 0.2) is 0 Å². The van der Waals surface area contributed by atoms with Gasteiger partial charge >= 0.3 is 5.97 Å². The Labute approximate surface area is 266 Å². The van der Waals surface area contributed by atoms with Gasteiger partial charge < -0.3 is 19.9 Å². The van der Waals surface area contributed by atoms with Crippen LogP contribution < -0.4 is 14.8 Å². The van der Waals surface area contributed by atoms with E-state index in [0.717, 1.165) is 45.8 Å². The molecule has 4 bridgehead atoms. The molecular weight excluding hydrogens is 562 g/mol. The molecular formula is C39H45NO5. The SMILES string of the molecule is CCC(=Cc1ccc(-c2ccc(OCc3ccccc3)c(C34CC5CC(CC(C5)C3)C4)c2)c(OCCCNC(C)=O)c1)C(=O)O. The minimum Gasteiger partial charge on any atom is -0.493 e. The van der Waals surface area contributed by atoms with Gasteiger partial charge in [0, 0.05) is 30.2 Å². The van der Waals surface area contributed by atoms with Gasteiger partial charge in [-0.25, -0.2) is 4.79 Å². The van der Waals surface area contributed by atoms with Crippen molar-refractivity contribution in [2.45, 2.75) is 77.2 Å². The molecule has 4 aliphatic carbocycles. The summed E-state index contributed by atoms with van der Waals surface area (Å²) in [6.07, 6.45) is 10.6. The van der Waals surface area contributed by atoms with Crippen LogP contribution in [0, 0.1) is 17.8 Å². The Hall–Kier alpha value is -4.06. The first-order valence-corrected chi connectivity index (χ1v) is 16.6. The quantitative estimate of drug-likeness (QED) is 0.151. The molecule has 7 rings (SSSR count). The number of carboxylic acid groups (broad SMARTS) is 1.